The smallest absolute Gasteiger partial charge is 0.338 e. The van der Waals surface area contributed by atoms with Crippen LogP contribution >= 0.6 is 0 Å². The highest BCUT2D eigenvalue weighted by Gasteiger charge is 2.49. The van der Waals surface area contributed by atoms with Crippen LogP contribution in [0.2, 0.25) is 0 Å². The molecular weight excluding hydrogens is 396 g/mol. The Balaban J connectivity index is 1.93. The Kier molecular flexibility index (Phi) is 7.16. The maximum absolute atomic E-state index is 12.6. The third-order valence-corrected chi connectivity index (χ3v) is 4.74. The summed E-state index contributed by atoms with van der Waals surface area (Å²) in [7, 11) is 1.51. The van der Waals surface area contributed by atoms with E-state index in [4.69, 9.17) is 18.9 Å². The number of methoxy groups -OCH3 is 1. The van der Waals surface area contributed by atoms with Crippen molar-refractivity contribution < 1.29 is 28.8 Å². The van der Waals surface area contributed by atoms with Crippen molar-refractivity contribution in [2.24, 2.45) is 0 Å². The molecule has 4 atom stereocenters. The number of hydrogen-bond acceptors (Lipinski definition) is 8. The molecule has 2 unspecified atom stereocenters. The van der Waals surface area contributed by atoms with E-state index < -0.39 is 48.4 Å². The maximum Gasteiger partial charge on any atom is 0.338 e. The number of aliphatic hydroxyl groups is 1. The highest BCUT2D eigenvalue weighted by Crippen LogP contribution is 2.33. The lowest BCUT2D eigenvalue weighted by Gasteiger charge is -2.25. The fourth-order valence-electron chi connectivity index (χ4n) is 3.21. The van der Waals surface area contributed by atoms with Gasteiger partial charge in [-0.15, -0.1) is 0 Å². The van der Waals surface area contributed by atoms with E-state index in [2.05, 4.69) is 4.98 Å². The highest BCUT2D eigenvalue weighted by atomic mass is 16.6. The molecule has 10 heteroatoms. The number of hydrogen-bond donors (Lipinski definition) is 2. The number of esters is 1. The summed E-state index contributed by atoms with van der Waals surface area (Å²) in [6.45, 7) is 1.47. The van der Waals surface area contributed by atoms with Crippen LogP contribution < -0.4 is 11.2 Å². The van der Waals surface area contributed by atoms with Crippen molar-refractivity contribution in [3.05, 3.63) is 68.5 Å². The predicted octanol–water partition coefficient (Wildman–Crippen LogP) is -0.00808. The minimum absolute atomic E-state index is 0.135. The Labute approximate surface area is 172 Å². The van der Waals surface area contributed by atoms with Gasteiger partial charge >= 0.3 is 11.7 Å². The molecule has 0 amide bonds. The van der Waals surface area contributed by atoms with Crippen molar-refractivity contribution >= 4 is 5.97 Å². The monoisotopic (exact) mass is 420 g/mol. The molecule has 30 heavy (non-hydrogen) atoms. The summed E-state index contributed by atoms with van der Waals surface area (Å²) in [6.07, 6.45) is -2.55. The van der Waals surface area contributed by atoms with Gasteiger partial charge in [-0.3, -0.25) is 14.3 Å². The number of aliphatic hydroxyl groups excluding tert-OH is 1. The quantitative estimate of drug-likeness (QED) is 0.451. The van der Waals surface area contributed by atoms with E-state index in [1.54, 1.807) is 37.3 Å². The van der Waals surface area contributed by atoms with Crippen molar-refractivity contribution in [3.8, 4) is 0 Å². The normalized spacial score (nSPS) is 23.4. The van der Waals surface area contributed by atoms with Crippen molar-refractivity contribution in [3.63, 3.8) is 0 Å². The second-order valence-corrected chi connectivity index (χ2v) is 6.79. The number of aromatic amines is 1. The number of carbonyl (C=O) groups excluding carboxylic acids is 1. The molecule has 10 nitrogen and oxygen atoms in total. The Morgan fingerprint density at radius 2 is 1.93 bits per heavy atom. The van der Waals surface area contributed by atoms with Crippen LogP contribution in [-0.4, -0.2) is 65.9 Å². The summed E-state index contributed by atoms with van der Waals surface area (Å²) < 4.78 is 23.4. The minimum Gasteiger partial charge on any atom is -0.453 e. The van der Waals surface area contributed by atoms with Gasteiger partial charge in [0.15, 0.2) is 12.3 Å². The molecule has 0 aliphatic carbocycles. The molecule has 162 valence electrons. The molecule has 0 saturated carbocycles. The molecule has 1 aliphatic heterocycles. The van der Waals surface area contributed by atoms with Crippen LogP contribution in [0.15, 0.2) is 46.1 Å². The summed E-state index contributed by atoms with van der Waals surface area (Å²) in [6, 6.07) is 8.36. The van der Waals surface area contributed by atoms with E-state index in [1.165, 1.54) is 13.3 Å². The molecule has 0 radical (unpaired) electrons. The number of aromatic nitrogens is 2. The second-order valence-electron chi connectivity index (χ2n) is 6.79. The SMILES string of the molecule is COCCO[C@H]1C(n2cc(C)c(=O)[nH]c2=O)OC(CO)[C@H]1OC(=O)c1ccccc1. The average Bonchev–Trinajstić information content (AvgIpc) is 3.08. The van der Waals surface area contributed by atoms with Gasteiger partial charge in [0.05, 0.1) is 25.4 Å². The third-order valence-electron chi connectivity index (χ3n) is 4.74. The van der Waals surface area contributed by atoms with E-state index in [-0.39, 0.29) is 13.2 Å². The Morgan fingerprint density at radius 1 is 1.20 bits per heavy atom. The fraction of sp³-hybridized carbons (Fsp3) is 0.450. The van der Waals surface area contributed by atoms with Gasteiger partial charge in [-0.05, 0) is 19.1 Å². The van der Waals surface area contributed by atoms with Crippen LogP contribution in [0.3, 0.4) is 0 Å². The Hall–Kier alpha value is -2.79. The molecular formula is C20H24N2O8. The fourth-order valence-corrected chi connectivity index (χ4v) is 3.21. The summed E-state index contributed by atoms with van der Waals surface area (Å²) in [5.41, 5.74) is -0.607. The Morgan fingerprint density at radius 3 is 2.60 bits per heavy atom. The first kappa shape index (κ1) is 21.9. The minimum atomic E-state index is -1.03. The van der Waals surface area contributed by atoms with Gasteiger partial charge in [0, 0.05) is 18.9 Å². The molecule has 3 rings (SSSR count). The lowest BCUT2D eigenvalue weighted by molar-refractivity contribution is -0.0833. The first-order valence-electron chi connectivity index (χ1n) is 9.41. The summed E-state index contributed by atoms with van der Waals surface area (Å²) in [4.78, 5) is 38.9. The van der Waals surface area contributed by atoms with Crippen LogP contribution in [0.25, 0.3) is 0 Å². The van der Waals surface area contributed by atoms with E-state index >= 15 is 0 Å². The summed E-state index contributed by atoms with van der Waals surface area (Å²) >= 11 is 0. The van der Waals surface area contributed by atoms with Crippen LogP contribution in [-0.2, 0) is 18.9 Å². The van der Waals surface area contributed by atoms with E-state index in [0.29, 0.717) is 11.1 Å². The van der Waals surface area contributed by atoms with Crippen LogP contribution in [0.4, 0.5) is 0 Å². The largest absolute Gasteiger partial charge is 0.453 e. The van der Waals surface area contributed by atoms with E-state index in [0.717, 1.165) is 4.57 Å². The van der Waals surface area contributed by atoms with Gasteiger partial charge in [0.1, 0.15) is 12.2 Å². The zero-order chi connectivity index (χ0) is 21.7. The zero-order valence-electron chi connectivity index (χ0n) is 16.6. The van der Waals surface area contributed by atoms with Gasteiger partial charge < -0.3 is 24.1 Å². The number of ether oxygens (including phenoxy) is 4. The molecule has 0 bridgehead atoms. The van der Waals surface area contributed by atoms with E-state index in [1.807, 2.05) is 0 Å². The second kappa shape index (κ2) is 9.81. The first-order valence-corrected chi connectivity index (χ1v) is 9.41. The van der Waals surface area contributed by atoms with Gasteiger partial charge in [0.2, 0.25) is 0 Å². The number of nitrogens with one attached hydrogen (secondary N) is 1. The summed E-state index contributed by atoms with van der Waals surface area (Å²) in [5.74, 6) is -0.617. The maximum atomic E-state index is 12.6. The lowest BCUT2D eigenvalue weighted by atomic mass is 10.1. The van der Waals surface area contributed by atoms with Crippen molar-refractivity contribution in [2.75, 3.05) is 26.9 Å². The highest BCUT2D eigenvalue weighted by molar-refractivity contribution is 5.89. The van der Waals surface area contributed by atoms with E-state index in [9.17, 15) is 19.5 Å². The number of benzene rings is 1. The number of nitrogens with zero attached hydrogens (tertiary/aromatic N) is 1. The van der Waals surface area contributed by atoms with Crippen molar-refractivity contribution in [2.45, 2.75) is 31.5 Å². The molecule has 2 aromatic rings. The van der Waals surface area contributed by atoms with Crippen LogP contribution in [0.1, 0.15) is 22.1 Å². The predicted molar refractivity (Wildman–Crippen MR) is 104 cm³/mol. The van der Waals surface area contributed by atoms with Gasteiger partial charge in [-0.25, -0.2) is 9.59 Å². The van der Waals surface area contributed by atoms with Crippen LogP contribution in [0.5, 0.6) is 0 Å². The molecule has 1 aromatic carbocycles. The van der Waals surface area contributed by atoms with Crippen molar-refractivity contribution in [1.82, 2.24) is 9.55 Å². The first-order chi connectivity index (χ1) is 14.5. The van der Waals surface area contributed by atoms with Gasteiger partial charge in [-0.2, -0.15) is 0 Å². The molecule has 1 saturated heterocycles. The van der Waals surface area contributed by atoms with Crippen LogP contribution in [0, 0.1) is 6.92 Å². The molecule has 1 aliphatic rings. The number of carbonyl (C=O) groups is 1. The topological polar surface area (TPSA) is 129 Å². The molecule has 2 heterocycles. The zero-order valence-corrected chi connectivity index (χ0v) is 16.6. The Bertz CT molecular complexity index is 971. The van der Waals surface area contributed by atoms with Gasteiger partial charge in [0.25, 0.3) is 5.56 Å². The number of rotatable bonds is 8. The van der Waals surface area contributed by atoms with Crippen molar-refractivity contribution in [1.29, 1.82) is 0 Å². The number of aryl methyl sites for hydroxylation is 1. The molecule has 0 spiro atoms. The summed E-state index contributed by atoms with van der Waals surface area (Å²) in [5, 5.41) is 9.80. The molecule has 1 fully saturated rings. The number of H-pyrrole nitrogens is 1. The lowest BCUT2D eigenvalue weighted by Crippen LogP contribution is -2.42. The third kappa shape index (κ3) is 4.68. The molecule has 2 N–H and O–H groups in total. The van der Waals surface area contributed by atoms with Gasteiger partial charge in [-0.1, -0.05) is 18.2 Å². The molecule has 1 aromatic heterocycles. The standard InChI is InChI=1S/C20H24N2O8/c1-12-10-22(20(26)21-17(12)24)18-16(28-9-8-27-2)15(14(11-23)29-18)30-19(25)13-6-4-3-5-7-13/h3-7,10,14-16,18,23H,8-9,11H2,1-2H3,(H,21,24,26)/t14?,15-,16-,18?/m1/s1. The average molecular weight is 420 g/mol.